The molecule has 2 heteroatoms. The smallest absolute Gasteiger partial charge is 0.0540 e. The van der Waals surface area contributed by atoms with Crippen LogP contribution < -0.4 is 0 Å². The van der Waals surface area contributed by atoms with Gasteiger partial charge in [0.05, 0.1) is 12.2 Å². The van der Waals surface area contributed by atoms with E-state index >= 15 is 0 Å². The Bertz CT molecular complexity index is 230. The first kappa shape index (κ1) is 12.9. The van der Waals surface area contributed by atoms with E-state index in [9.17, 15) is 10.2 Å². The standard InChI is InChI=1S/C16H28O2/c17-15-5-1-11(2-6-15)13-9-14(10-13)12-3-7-16(18)8-4-12/h11-18H,1-10H2. The van der Waals surface area contributed by atoms with E-state index in [1.165, 1.54) is 38.5 Å². The lowest BCUT2D eigenvalue weighted by Gasteiger charge is -2.47. The van der Waals surface area contributed by atoms with Crippen LogP contribution in [0.1, 0.15) is 64.2 Å². The Kier molecular flexibility index (Phi) is 3.95. The zero-order valence-corrected chi connectivity index (χ0v) is 11.4. The van der Waals surface area contributed by atoms with E-state index < -0.39 is 0 Å². The molecule has 0 saturated heterocycles. The number of hydrogen-bond donors (Lipinski definition) is 2. The summed E-state index contributed by atoms with van der Waals surface area (Å²) in [7, 11) is 0. The van der Waals surface area contributed by atoms with E-state index in [4.69, 9.17) is 0 Å². The molecule has 0 bridgehead atoms. The van der Waals surface area contributed by atoms with Gasteiger partial charge in [-0.2, -0.15) is 0 Å². The average molecular weight is 252 g/mol. The molecule has 0 unspecified atom stereocenters. The Morgan fingerprint density at radius 2 is 0.778 bits per heavy atom. The maximum Gasteiger partial charge on any atom is 0.0540 e. The molecule has 0 radical (unpaired) electrons. The van der Waals surface area contributed by atoms with Gasteiger partial charge in [-0.15, -0.1) is 0 Å². The van der Waals surface area contributed by atoms with Crippen molar-refractivity contribution in [1.29, 1.82) is 0 Å². The second kappa shape index (κ2) is 5.50. The van der Waals surface area contributed by atoms with Crippen molar-refractivity contribution in [1.82, 2.24) is 0 Å². The highest BCUT2D eigenvalue weighted by atomic mass is 16.3. The Morgan fingerprint density at radius 1 is 0.444 bits per heavy atom. The van der Waals surface area contributed by atoms with Crippen molar-refractivity contribution >= 4 is 0 Å². The van der Waals surface area contributed by atoms with Gasteiger partial charge in [0.15, 0.2) is 0 Å². The molecular formula is C16H28O2. The van der Waals surface area contributed by atoms with Gasteiger partial charge >= 0.3 is 0 Å². The van der Waals surface area contributed by atoms with Gasteiger partial charge in [0, 0.05) is 0 Å². The van der Waals surface area contributed by atoms with E-state index in [1.807, 2.05) is 0 Å². The summed E-state index contributed by atoms with van der Waals surface area (Å²) >= 11 is 0. The van der Waals surface area contributed by atoms with Crippen LogP contribution in [0.15, 0.2) is 0 Å². The molecule has 3 rings (SSSR count). The van der Waals surface area contributed by atoms with Gasteiger partial charge in [0.2, 0.25) is 0 Å². The maximum absolute atomic E-state index is 9.56. The summed E-state index contributed by atoms with van der Waals surface area (Å²) in [5, 5.41) is 19.1. The summed E-state index contributed by atoms with van der Waals surface area (Å²) in [5.74, 6) is 3.77. The summed E-state index contributed by atoms with van der Waals surface area (Å²) in [6.07, 6.45) is 12.1. The molecule has 3 fully saturated rings. The van der Waals surface area contributed by atoms with Crippen LogP contribution in [0, 0.1) is 23.7 Å². The van der Waals surface area contributed by atoms with E-state index in [2.05, 4.69) is 0 Å². The second-order valence-electron chi connectivity index (χ2n) is 7.13. The van der Waals surface area contributed by atoms with E-state index in [1.54, 1.807) is 0 Å². The molecule has 0 aromatic heterocycles. The monoisotopic (exact) mass is 252 g/mol. The van der Waals surface area contributed by atoms with Crippen LogP contribution in [0.4, 0.5) is 0 Å². The fourth-order valence-corrected chi connectivity index (χ4v) is 4.62. The van der Waals surface area contributed by atoms with Crippen LogP contribution in [-0.2, 0) is 0 Å². The van der Waals surface area contributed by atoms with Gasteiger partial charge in [0.25, 0.3) is 0 Å². The molecule has 0 amide bonds. The largest absolute Gasteiger partial charge is 0.393 e. The van der Waals surface area contributed by atoms with Crippen LogP contribution in [0.2, 0.25) is 0 Å². The van der Waals surface area contributed by atoms with Gasteiger partial charge in [-0.1, -0.05) is 0 Å². The molecule has 18 heavy (non-hydrogen) atoms. The topological polar surface area (TPSA) is 40.5 Å². The molecule has 2 nitrogen and oxygen atoms in total. The van der Waals surface area contributed by atoms with E-state index in [0.29, 0.717) is 0 Å². The fourth-order valence-electron chi connectivity index (χ4n) is 4.62. The zero-order chi connectivity index (χ0) is 12.5. The summed E-state index contributed by atoms with van der Waals surface area (Å²) in [4.78, 5) is 0. The van der Waals surface area contributed by atoms with Crippen LogP contribution in [-0.4, -0.2) is 22.4 Å². The predicted molar refractivity (Wildman–Crippen MR) is 72.1 cm³/mol. The van der Waals surface area contributed by atoms with Gasteiger partial charge in [-0.25, -0.2) is 0 Å². The van der Waals surface area contributed by atoms with Crippen molar-refractivity contribution in [3.63, 3.8) is 0 Å². The fraction of sp³-hybridized carbons (Fsp3) is 1.00. The first-order valence-electron chi connectivity index (χ1n) is 8.08. The molecule has 2 N–H and O–H groups in total. The minimum atomic E-state index is -0.00282. The molecule has 0 aliphatic heterocycles. The van der Waals surface area contributed by atoms with Crippen molar-refractivity contribution in [2.75, 3.05) is 0 Å². The molecule has 0 spiro atoms. The Hall–Kier alpha value is -0.0800. The number of rotatable bonds is 2. The summed E-state index contributed by atoms with van der Waals surface area (Å²) in [6, 6.07) is 0. The Morgan fingerprint density at radius 3 is 1.11 bits per heavy atom. The third kappa shape index (κ3) is 2.75. The molecule has 104 valence electrons. The van der Waals surface area contributed by atoms with Crippen molar-refractivity contribution in [3.05, 3.63) is 0 Å². The Labute approximate surface area is 111 Å². The van der Waals surface area contributed by atoms with Crippen molar-refractivity contribution < 1.29 is 10.2 Å². The van der Waals surface area contributed by atoms with Crippen LogP contribution in [0.25, 0.3) is 0 Å². The van der Waals surface area contributed by atoms with E-state index in [-0.39, 0.29) is 12.2 Å². The lowest BCUT2D eigenvalue weighted by Crippen LogP contribution is -2.38. The highest BCUT2D eigenvalue weighted by molar-refractivity contribution is 4.91. The predicted octanol–water partition coefficient (Wildman–Crippen LogP) is 3.11. The number of aliphatic hydroxyl groups excluding tert-OH is 2. The molecule has 0 aromatic rings. The average Bonchev–Trinajstić information content (AvgIpc) is 2.32. The molecule has 3 aliphatic rings. The number of aliphatic hydroxyl groups is 2. The molecule has 0 heterocycles. The highest BCUT2D eigenvalue weighted by Crippen LogP contribution is 2.50. The summed E-state index contributed by atoms with van der Waals surface area (Å²) in [5.41, 5.74) is 0. The van der Waals surface area contributed by atoms with Gasteiger partial charge < -0.3 is 10.2 Å². The lowest BCUT2D eigenvalue weighted by molar-refractivity contribution is 0.00659. The minimum absolute atomic E-state index is 0.00282. The molecular weight excluding hydrogens is 224 g/mol. The zero-order valence-electron chi connectivity index (χ0n) is 11.4. The molecule has 0 atom stereocenters. The van der Waals surface area contributed by atoms with Crippen molar-refractivity contribution in [2.45, 2.75) is 76.4 Å². The third-order valence-electron chi connectivity index (χ3n) is 6.03. The van der Waals surface area contributed by atoms with Gasteiger partial charge in [0.1, 0.15) is 0 Å². The molecule has 0 aromatic carbocycles. The Balaban J connectivity index is 1.40. The van der Waals surface area contributed by atoms with Gasteiger partial charge in [-0.05, 0) is 87.9 Å². The van der Waals surface area contributed by atoms with Crippen LogP contribution in [0.5, 0.6) is 0 Å². The quantitative estimate of drug-likeness (QED) is 0.792. The highest BCUT2D eigenvalue weighted by Gasteiger charge is 2.40. The van der Waals surface area contributed by atoms with Crippen molar-refractivity contribution in [2.24, 2.45) is 23.7 Å². The minimum Gasteiger partial charge on any atom is -0.393 e. The van der Waals surface area contributed by atoms with Crippen molar-refractivity contribution in [3.8, 4) is 0 Å². The lowest BCUT2D eigenvalue weighted by atomic mass is 9.59. The van der Waals surface area contributed by atoms with Crippen LogP contribution >= 0.6 is 0 Å². The summed E-state index contributed by atoms with van der Waals surface area (Å²) < 4.78 is 0. The van der Waals surface area contributed by atoms with Gasteiger partial charge in [-0.3, -0.25) is 0 Å². The molecule has 3 saturated carbocycles. The first-order valence-corrected chi connectivity index (χ1v) is 8.08. The normalized spacial score (nSPS) is 49.7. The summed E-state index contributed by atoms with van der Waals surface area (Å²) in [6.45, 7) is 0. The maximum atomic E-state index is 9.56. The SMILES string of the molecule is OC1CCC(C2CC(C3CCC(O)CC3)C2)CC1. The molecule has 3 aliphatic carbocycles. The first-order chi connectivity index (χ1) is 8.72. The van der Waals surface area contributed by atoms with Crippen LogP contribution in [0.3, 0.4) is 0 Å². The third-order valence-corrected chi connectivity index (χ3v) is 6.03. The van der Waals surface area contributed by atoms with E-state index in [0.717, 1.165) is 49.4 Å². The number of hydrogen-bond acceptors (Lipinski definition) is 2. The second-order valence-corrected chi connectivity index (χ2v) is 7.13.